The predicted octanol–water partition coefficient (Wildman–Crippen LogP) is 3.84. The van der Waals surface area contributed by atoms with Gasteiger partial charge in [0, 0.05) is 11.1 Å². The third-order valence-corrected chi connectivity index (χ3v) is 3.31. The summed E-state index contributed by atoms with van der Waals surface area (Å²) in [6.07, 6.45) is 0. The largest absolute Gasteiger partial charge is 0.368 e. The first kappa shape index (κ1) is 13.2. The third kappa shape index (κ3) is 2.60. The summed E-state index contributed by atoms with van der Waals surface area (Å²) < 4.78 is 13.9. The Morgan fingerprint density at radius 1 is 0.857 bits per heavy atom. The zero-order valence-electron chi connectivity index (χ0n) is 11.5. The average Bonchev–Trinajstić information content (AvgIpc) is 2.47. The van der Waals surface area contributed by atoms with E-state index in [0.29, 0.717) is 17.0 Å². The van der Waals surface area contributed by atoms with Crippen LogP contribution < -0.4 is 5.73 Å². The molecule has 0 radical (unpaired) electrons. The van der Waals surface area contributed by atoms with Crippen molar-refractivity contribution in [2.75, 3.05) is 5.73 Å². The number of nitrogens with two attached hydrogens (primary N) is 1. The Hall–Kier alpha value is -2.75. The van der Waals surface area contributed by atoms with Crippen molar-refractivity contribution >= 4 is 5.95 Å². The molecule has 0 atom stereocenters. The normalized spacial score (nSPS) is 10.6. The average molecular weight is 279 g/mol. The van der Waals surface area contributed by atoms with E-state index in [1.807, 2.05) is 31.2 Å². The summed E-state index contributed by atoms with van der Waals surface area (Å²) in [4.78, 5) is 8.41. The first-order valence-electron chi connectivity index (χ1n) is 6.60. The molecule has 0 aliphatic heterocycles. The molecule has 21 heavy (non-hydrogen) atoms. The Morgan fingerprint density at radius 3 is 2.10 bits per heavy atom. The molecular weight excluding hydrogens is 265 g/mol. The first-order chi connectivity index (χ1) is 10.1. The molecule has 1 aromatic heterocycles. The molecule has 0 unspecified atom stereocenters. The molecule has 4 heteroatoms. The van der Waals surface area contributed by atoms with E-state index in [1.165, 1.54) is 6.07 Å². The van der Waals surface area contributed by atoms with Gasteiger partial charge in [-0.3, -0.25) is 0 Å². The molecular formula is C17H14FN3. The molecule has 0 amide bonds. The number of hydrogen-bond acceptors (Lipinski definition) is 3. The van der Waals surface area contributed by atoms with Crippen LogP contribution in [0.5, 0.6) is 0 Å². The minimum atomic E-state index is -0.327. The molecule has 0 aliphatic rings. The highest BCUT2D eigenvalue weighted by Crippen LogP contribution is 2.27. The molecule has 0 aliphatic carbocycles. The lowest BCUT2D eigenvalue weighted by molar-refractivity contribution is 0.630. The van der Waals surface area contributed by atoms with Crippen molar-refractivity contribution in [3.63, 3.8) is 0 Å². The fourth-order valence-corrected chi connectivity index (χ4v) is 2.27. The van der Waals surface area contributed by atoms with Gasteiger partial charge in [-0.05, 0) is 30.7 Å². The lowest BCUT2D eigenvalue weighted by atomic mass is 10.0. The minimum absolute atomic E-state index is 0.133. The molecule has 2 N–H and O–H groups in total. The quantitative estimate of drug-likeness (QED) is 0.775. The molecule has 3 aromatic rings. The standard InChI is InChI=1S/C17H14FN3/c1-11-6-2-3-7-12(11)15-10-16(21-17(19)20-15)13-8-4-5-9-14(13)18/h2-10H,1H3,(H2,19,20,21). The molecule has 0 saturated carbocycles. The number of aromatic nitrogens is 2. The number of aryl methyl sites for hydroxylation is 1. The predicted molar refractivity (Wildman–Crippen MR) is 82.0 cm³/mol. The van der Waals surface area contributed by atoms with Gasteiger partial charge in [-0.25, -0.2) is 14.4 Å². The van der Waals surface area contributed by atoms with Crippen molar-refractivity contribution < 1.29 is 4.39 Å². The van der Waals surface area contributed by atoms with Crippen LogP contribution in [0, 0.1) is 12.7 Å². The molecule has 0 bridgehead atoms. The number of nitrogen functional groups attached to an aromatic ring is 1. The summed E-state index contributed by atoms with van der Waals surface area (Å²) >= 11 is 0. The van der Waals surface area contributed by atoms with Gasteiger partial charge < -0.3 is 5.73 Å². The van der Waals surface area contributed by atoms with Gasteiger partial charge in [-0.1, -0.05) is 36.4 Å². The van der Waals surface area contributed by atoms with Crippen LogP contribution in [-0.2, 0) is 0 Å². The van der Waals surface area contributed by atoms with Gasteiger partial charge in [-0.15, -0.1) is 0 Å². The molecule has 3 rings (SSSR count). The topological polar surface area (TPSA) is 51.8 Å². The zero-order chi connectivity index (χ0) is 14.8. The van der Waals surface area contributed by atoms with Crippen LogP contribution >= 0.6 is 0 Å². The summed E-state index contributed by atoms with van der Waals surface area (Å²) in [5.41, 5.74) is 9.43. The maximum absolute atomic E-state index is 13.9. The number of nitrogens with zero attached hydrogens (tertiary/aromatic N) is 2. The minimum Gasteiger partial charge on any atom is -0.368 e. The molecule has 2 aromatic carbocycles. The van der Waals surface area contributed by atoms with E-state index in [0.717, 1.165) is 11.1 Å². The second-order valence-electron chi connectivity index (χ2n) is 4.79. The lowest BCUT2D eigenvalue weighted by Gasteiger charge is -2.09. The van der Waals surface area contributed by atoms with Crippen LogP contribution in [0.15, 0.2) is 54.6 Å². The molecule has 0 saturated heterocycles. The van der Waals surface area contributed by atoms with Gasteiger partial charge in [0.05, 0.1) is 11.4 Å². The van der Waals surface area contributed by atoms with E-state index in [4.69, 9.17) is 5.73 Å². The summed E-state index contributed by atoms with van der Waals surface area (Å²) in [7, 11) is 0. The van der Waals surface area contributed by atoms with Crippen LogP contribution in [0.4, 0.5) is 10.3 Å². The molecule has 1 heterocycles. The number of benzene rings is 2. The number of rotatable bonds is 2. The van der Waals surface area contributed by atoms with Crippen molar-refractivity contribution in [3.8, 4) is 22.5 Å². The second-order valence-corrected chi connectivity index (χ2v) is 4.79. The SMILES string of the molecule is Cc1ccccc1-c1cc(-c2ccccc2F)nc(N)n1. The monoisotopic (exact) mass is 279 g/mol. The van der Waals surface area contributed by atoms with Gasteiger partial charge in [0.2, 0.25) is 5.95 Å². The Morgan fingerprint density at radius 2 is 1.43 bits per heavy atom. The van der Waals surface area contributed by atoms with E-state index in [2.05, 4.69) is 9.97 Å². The van der Waals surface area contributed by atoms with Crippen LogP contribution in [0.25, 0.3) is 22.5 Å². The second kappa shape index (κ2) is 5.32. The van der Waals surface area contributed by atoms with Crippen LogP contribution in [-0.4, -0.2) is 9.97 Å². The van der Waals surface area contributed by atoms with E-state index in [-0.39, 0.29) is 11.8 Å². The molecule has 0 fully saturated rings. The van der Waals surface area contributed by atoms with Gasteiger partial charge in [-0.2, -0.15) is 0 Å². The number of hydrogen-bond donors (Lipinski definition) is 1. The maximum atomic E-state index is 13.9. The third-order valence-electron chi connectivity index (χ3n) is 3.31. The summed E-state index contributed by atoms with van der Waals surface area (Å²) in [6.45, 7) is 2.00. The Labute approximate surface area is 122 Å². The van der Waals surface area contributed by atoms with Gasteiger partial charge in [0.15, 0.2) is 0 Å². The van der Waals surface area contributed by atoms with Crippen molar-refractivity contribution in [2.24, 2.45) is 0 Å². The molecule has 3 nitrogen and oxygen atoms in total. The van der Waals surface area contributed by atoms with Crippen molar-refractivity contribution in [1.29, 1.82) is 0 Å². The van der Waals surface area contributed by atoms with E-state index in [9.17, 15) is 4.39 Å². The fraction of sp³-hybridized carbons (Fsp3) is 0.0588. The van der Waals surface area contributed by atoms with Crippen LogP contribution in [0.3, 0.4) is 0 Å². The van der Waals surface area contributed by atoms with Crippen LogP contribution in [0.1, 0.15) is 5.56 Å². The Kier molecular flexibility index (Phi) is 3.36. The highest BCUT2D eigenvalue weighted by molar-refractivity contribution is 5.71. The zero-order valence-corrected chi connectivity index (χ0v) is 11.5. The van der Waals surface area contributed by atoms with Gasteiger partial charge >= 0.3 is 0 Å². The van der Waals surface area contributed by atoms with E-state index < -0.39 is 0 Å². The summed E-state index contributed by atoms with van der Waals surface area (Å²) in [5, 5.41) is 0. The highest BCUT2D eigenvalue weighted by Gasteiger charge is 2.11. The Bertz CT molecular complexity index is 736. The molecule has 0 spiro atoms. The number of halogens is 1. The van der Waals surface area contributed by atoms with E-state index >= 15 is 0 Å². The van der Waals surface area contributed by atoms with Crippen LogP contribution in [0.2, 0.25) is 0 Å². The highest BCUT2D eigenvalue weighted by atomic mass is 19.1. The fourth-order valence-electron chi connectivity index (χ4n) is 2.27. The van der Waals surface area contributed by atoms with E-state index in [1.54, 1.807) is 24.3 Å². The van der Waals surface area contributed by atoms with Crippen molar-refractivity contribution in [2.45, 2.75) is 6.92 Å². The maximum Gasteiger partial charge on any atom is 0.221 e. The van der Waals surface area contributed by atoms with Gasteiger partial charge in [0.1, 0.15) is 5.82 Å². The summed E-state index contributed by atoms with van der Waals surface area (Å²) in [5.74, 6) is -0.194. The van der Waals surface area contributed by atoms with Crippen molar-refractivity contribution in [1.82, 2.24) is 9.97 Å². The summed E-state index contributed by atoms with van der Waals surface area (Å²) in [6, 6.07) is 16.1. The lowest BCUT2D eigenvalue weighted by Crippen LogP contribution is -2.00. The number of anilines is 1. The Balaban J connectivity index is 2.18. The first-order valence-corrected chi connectivity index (χ1v) is 6.60. The molecule has 104 valence electrons. The van der Waals surface area contributed by atoms with Crippen molar-refractivity contribution in [3.05, 3.63) is 66.0 Å². The van der Waals surface area contributed by atoms with Gasteiger partial charge in [0.25, 0.3) is 0 Å². The smallest absolute Gasteiger partial charge is 0.221 e.